The Morgan fingerprint density at radius 2 is 1.96 bits per heavy atom. The summed E-state index contributed by atoms with van der Waals surface area (Å²) in [5.74, 6) is 0.0330. The standard InChI is InChI=1S/C21H21ClN2O3S/c1-14-13-16(21(28-14)23-20(25)18-7-4-10-27-18)19(24-8-11-26-12-9-24)15-5-2-3-6-17(15)22/h2-7,10,13,19H,8-9,11-12H2,1H3,(H,23,25)/t19-/m1/s1. The molecule has 4 rings (SSSR count). The Kier molecular flexibility index (Phi) is 5.82. The van der Waals surface area contributed by atoms with Crippen LogP contribution in [0.2, 0.25) is 5.02 Å². The van der Waals surface area contributed by atoms with E-state index >= 15 is 0 Å². The summed E-state index contributed by atoms with van der Waals surface area (Å²) in [4.78, 5) is 16.1. The number of ether oxygens (including phenoxy) is 1. The number of halogens is 1. The van der Waals surface area contributed by atoms with Crippen LogP contribution in [0.15, 0.2) is 53.1 Å². The van der Waals surface area contributed by atoms with Gasteiger partial charge in [0, 0.05) is 28.6 Å². The molecule has 1 amide bonds. The number of anilines is 1. The molecule has 1 atom stereocenters. The number of carbonyl (C=O) groups is 1. The van der Waals surface area contributed by atoms with E-state index in [0.29, 0.717) is 18.2 Å². The maximum Gasteiger partial charge on any atom is 0.291 e. The van der Waals surface area contributed by atoms with E-state index in [1.165, 1.54) is 6.26 Å². The minimum Gasteiger partial charge on any atom is -0.459 e. The molecular weight excluding hydrogens is 396 g/mol. The molecule has 0 spiro atoms. The van der Waals surface area contributed by atoms with Gasteiger partial charge < -0.3 is 14.5 Å². The normalized spacial score (nSPS) is 16.1. The van der Waals surface area contributed by atoms with Gasteiger partial charge in [-0.3, -0.25) is 9.69 Å². The van der Waals surface area contributed by atoms with Crippen molar-refractivity contribution in [3.05, 3.63) is 75.5 Å². The van der Waals surface area contributed by atoms with Crippen LogP contribution in [0.4, 0.5) is 5.00 Å². The van der Waals surface area contributed by atoms with Crippen LogP contribution in [0.5, 0.6) is 0 Å². The largest absolute Gasteiger partial charge is 0.459 e. The Labute approximate surface area is 172 Å². The van der Waals surface area contributed by atoms with Crippen molar-refractivity contribution in [3.8, 4) is 0 Å². The van der Waals surface area contributed by atoms with Crippen molar-refractivity contribution in [2.24, 2.45) is 0 Å². The third-order valence-electron chi connectivity index (χ3n) is 4.76. The van der Waals surface area contributed by atoms with Crippen LogP contribution >= 0.6 is 22.9 Å². The molecular formula is C21H21ClN2O3S. The Bertz CT molecular complexity index is 948. The third kappa shape index (κ3) is 4.00. The predicted octanol–water partition coefficient (Wildman–Crippen LogP) is 4.98. The number of morpholine rings is 1. The van der Waals surface area contributed by atoms with E-state index in [1.54, 1.807) is 23.5 Å². The number of furan rings is 1. The van der Waals surface area contributed by atoms with Gasteiger partial charge in [-0.15, -0.1) is 11.3 Å². The van der Waals surface area contributed by atoms with Gasteiger partial charge in [0.25, 0.3) is 5.91 Å². The monoisotopic (exact) mass is 416 g/mol. The Hall–Kier alpha value is -2.12. The molecule has 0 aliphatic carbocycles. The van der Waals surface area contributed by atoms with E-state index in [2.05, 4.69) is 16.3 Å². The van der Waals surface area contributed by atoms with Crippen LogP contribution in [0.25, 0.3) is 0 Å². The van der Waals surface area contributed by atoms with E-state index in [0.717, 1.165) is 34.1 Å². The fourth-order valence-corrected chi connectivity index (χ4v) is 4.68. The van der Waals surface area contributed by atoms with Crippen LogP contribution in [0.3, 0.4) is 0 Å². The highest BCUT2D eigenvalue weighted by atomic mass is 35.5. The lowest BCUT2D eigenvalue weighted by molar-refractivity contribution is 0.0241. The summed E-state index contributed by atoms with van der Waals surface area (Å²) in [6.07, 6.45) is 1.50. The van der Waals surface area contributed by atoms with Crippen molar-refractivity contribution in [2.45, 2.75) is 13.0 Å². The molecule has 0 radical (unpaired) electrons. The summed E-state index contributed by atoms with van der Waals surface area (Å²) < 4.78 is 10.8. The molecule has 1 aliphatic rings. The number of rotatable bonds is 5. The number of nitrogens with one attached hydrogen (secondary N) is 1. The van der Waals surface area contributed by atoms with Crippen molar-refractivity contribution in [3.63, 3.8) is 0 Å². The fourth-order valence-electron chi connectivity index (χ4n) is 3.50. The van der Waals surface area contributed by atoms with Crippen LogP contribution in [-0.4, -0.2) is 37.1 Å². The molecule has 146 valence electrons. The molecule has 0 saturated carbocycles. The maximum absolute atomic E-state index is 12.6. The lowest BCUT2D eigenvalue weighted by Gasteiger charge is -2.35. The average Bonchev–Trinajstić information content (AvgIpc) is 3.35. The second-order valence-electron chi connectivity index (χ2n) is 6.65. The number of aryl methyl sites for hydroxylation is 1. The van der Waals surface area contributed by atoms with E-state index in [9.17, 15) is 4.79 Å². The first-order valence-corrected chi connectivity index (χ1v) is 10.3. The van der Waals surface area contributed by atoms with E-state index in [4.69, 9.17) is 20.8 Å². The minimum absolute atomic E-state index is 0.0607. The molecule has 1 aromatic carbocycles. The molecule has 3 aromatic rings. The number of hydrogen-bond donors (Lipinski definition) is 1. The first-order valence-electron chi connectivity index (χ1n) is 9.15. The highest BCUT2D eigenvalue weighted by molar-refractivity contribution is 7.16. The van der Waals surface area contributed by atoms with Gasteiger partial charge in [-0.25, -0.2) is 0 Å². The lowest BCUT2D eigenvalue weighted by Crippen LogP contribution is -2.39. The maximum atomic E-state index is 12.6. The highest BCUT2D eigenvalue weighted by Crippen LogP contribution is 2.41. The number of hydrogen-bond acceptors (Lipinski definition) is 5. The zero-order chi connectivity index (χ0) is 19.5. The molecule has 1 N–H and O–H groups in total. The zero-order valence-corrected chi connectivity index (χ0v) is 17.1. The number of nitrogens with zero attached hydrogens (tertiary/aromatic N) is 1. The van der Waals surface area contributed by atoms with Gasteiger partial charge in [0.15, 0.2) is 5.76 Å². The topological polar surface area (TPSA) is 54.7 Å². The summed E-state index contributed by atoms with van der Waals surface area (Å²) >= 11 is 8.14. The van der Waals surface area contributed by atoms with Crippen LogP contribution < -0.4 is 5.32 Å². The Morgan fingerprint density at radius 3 is 2.68 bits per heavy atom. The molecule has 28 heavy (non-hydrogen) atoms. The van der Waals surface area contributed by atoms with Crippen LogP contribution in [0, 0.1) is 6.92 Å². The third-order valence-corrected chi connectivity index (χ3v) is 6.09. The molecule has 3 heterocycles. The van der Waals surface area contributed by atoms with Crippen molar-refractivity contribution >= 4 is 33.8 Å². The van der Waals surface area contributed by atoms with E-state index in [-0.39, 0.29) is 17.7 Å². The van der Waals surface area contributed by atoms with Crippen molar-refractivity contribution < 1.29 is 13.9 Å². The van der Waals surface area contributed by atoms with Gasteiger partial charge >= 0.3 is 0 Å². The van der Waals surface area contributed by atoms with Gasteiger partial charge in [-0.2, -0.15) is 0 Å². The summed E-state index contributed by atoms with van der Waals surface area (Å²) in [7, 11) is 0. The number of carbonyl (C=O) groups excluding carboxylic acids is 1. The number of thiophene rings is 1. The summed E-state index contributed by atoms with van der Waals surface area (Å²) in [6.45, 7) is 5.00. The van der Waals surface area contributed by atoms with E-state index in [1.807, 2.05) is 31.2 Å². The van der Waals surface area contributed by atoms with Crippen molar-refractivity contribution in [1.29, 1.82) is 0 Å². The van der Waals surface area contributed by atoms with Gasteiger partial charge in [-0.05, 0) is 36.8 Å². The second-order valence-corrected chi connectivity index (χ2v) is 8.31. The predicted molar refractivity (Wildman–Crippen MR) is 111 cm³/mol. The lowest BCUT2D eigenvalue weighted by atomic mass is 9.97. The fraction of sp³-hybridized carbons (Fsp3) is 0.286. The van der Waals surface area contributed by atoms with Crippen LogP contribution in [-0.2, 0) is 4.74 Å². The average molecular weight is 417 g/mol. The minimum atomic E-state index is -0.256. The van der Waals surface area contributed by atoms with Gasteiger partial charge in [0.1, 0.15) is 5.00 Å². The molecule has 0 bridgehead atoms. The van der Waals surface area contributed by atoms with Crippen molar-refractivity contribution in [1.82, 2.24) is 4.90 Å². The van der Waals surface area contributed by atoms with E-state index < -0.39 is 0 Å². The molecule has 1 saturated heterocycles. The van der Waals surface area contributed by atoms with Crippen molar-refractivity contribution in [2.75, 3.05) is 31.6 Å². The van der Waals surface area contributed by atoms with Gasteiger partial charge in [0.05, 0.1) is 25.5 Å². The van der Waals surface area contributed by atoms with Crippen LogP contribution in [0.1, 0.15) is 32.6 Å². The van der Waals surface area contributed by atoms with Gasteiger partial charge in [-0.1, -0.05) is 29.8 Å². The zero-order valence-electron chi connectivity index (χ0n) is 15.5. The number of benzene rings is 1. The smallest absolute Gasteiger partial charge is 0.291 e. The second kappa shape index (κ2) is 8.49. The molecule has 7 heteroatoms. The highest BCUT2D eigenvalue weighted by Gasteiger charge is 2.29. The first kappa shape index (κ1) is 19.2. The molecule has 5 nitrogen and oxygen atoms in total. The van der Waals surface area contributed by atoms with Gasteiger partial charge in [0.2, 0.25) is 0 Å². The SMILES string of the molecule is Cc1cc([C@@H](c2ccccc2Cl)N2CCOCC2)c(NC(=O)c2ccco2)s1. The molecule has 2 aromatic heterocycles. The first-order chi connectivity index (χ1) is 13.6. The molecule has 1 aliphatic heterocycles. The Morgan fingerprint density at radius 1 is 1.18 bits per heavy atom. The Balaban J connectivity index is 1.74. The summed E-state index contributed by atoms with van der Waals surface area (Å²) in [5.41, 5.74) is 2.06. The molecule has 0 unspecified atom stereocenters. The summed E-state index contributed by atoms with van der Waals surface area (Å²) in [6, 6.07) is 13.3. The molecule has 1 fully saturated rings. The quantitative estimate of drug-likeness (QED) is 0.637. The summed E-state index contributed by atoms with van der Waals surface area (Å²) in [5, 5.41) is 4.56. The number of amides is 1.